The summed E-state index contributed by atoms with van der Waals surface area (Å²) in [5, 5.41) is 3.66. The zero-order chi connectivity index (χ0) is 30.3. The number of nitrogens with zero attached hydrogens (tertiary/aromatic N) is 2. The first-order valence-corrected chi connectivity index (χ1v) is 14.7. The van der Waals surface area contributed by atoms with Crippen molar-refractivity contribution < 1.29 is 23.7 Å². The van der Waals surface area contributed by atoms with Gasteiger partial charge in [0.15, 0.2) is 17.3 Å². The lowest BCUT2D eigenvalue weighted by atomic mass is 10.0. The predicted molar refractivity (Wildman–Crippen MR) is 174 cm³/mol. The zero-order valence-electron chi connectivity index (χ0n) is 23.9. The van der Waals surface area contributed by atoms with Gasteiger partial charge in [0.05, 0.1) is 28.4 Å². The third-order valence-electron chi connectivity index (χ3n) is 6.57. The van der Waals surface area contributed by atoms with Gasteiger partial charge in [-0.25, -0.2) is 4.98 Å². The number of carbonyl (C=O) groups excluding carboxylic acids is 1. The van der Waals surface area contributed by atoms with E-state index in [1.54, 1.807) is 40.6 Å². The number of benzene rings is 4. The Morgan fingerprint density at radius 2 is 1.44 bits per heavy atom. The van der Waals surface area contributed by atoms with Gasteiger partial charge >= 0.3 is 0 Å². The molecule has 4 aromatic carbocycles. The molecule has 0 saturated heterocycles. The average molecular weight is 659 g/mol. The van der Waals surface area contributed by atoms with E-state index < -0.39 is 0 Å². The largest absolute Gasteiger partial charge is 0.497 e. The number of carbonyl (C=O) groups is 1. The van der Waals surface area contributed by atoms with Crippen LogP contribution in [0.15, 0.2) is 89.4 Å². The van der Waals surface area contributed by atoms with Gasteiger partial charge in [-0.3, -0.25) is 4.79 Å². The molecule has 8 nitrogen and oxygen atoms in total. The summed E-state index contributed by atoms with van der Waals surface area (Å²) in [6.45, 7) is 0. The minimum absolute atomic E-state index is 0.183. The minimum atomic E-state index is -0.183. The van der Waals surface area contributed by atoms with Crippen molar-refractivity contribution in [3.05, 3.63) is 112 Å². The highest BCUT2D eigenvalue weighted by molar-refractivity contribution is 9.10. The molecule has 0 unspecified atom stereocenters. The molecule has 0 aliphatic heterocycles. The van der Waals surface area contributed by atoms with Crippen molar-refractivity contribution in [3.63, 3.8) is 0 Å². The van der Waals surface area contributed by atoms with Gasteiger partial charge in [-0.1, -0.05) is 28.1 Å². The Morgan fingerprint density at radius 1 is 0.791 bits per heavy atom. The standard InChI is InChI=1S/C33H28BrN3O5S/c1-39-26-15-5-20(6-16-26)17-27(23-18-28(40-2)30(42-4)29(19-23)41-3)31-36-33(43-37-31)22-9-13-25(14-10-22)35-32(38)21-7-11-24(34)12-8-21/h5-19H,1-4H3,(H,35,38)/b27-17+. The number of ether oxygens (including phenoxy) is 4. The smallest absolute Gasteiger partial charge is 0.255 e. The second kappa shape index (κ2) is 13.5. The summed E-state index contributed by atoms with van der Waals surface area (Å²) < 4.78 is 27.7. The molecule has 218 valence electrons. The van der Waals surface area contributed by atoms with Crippen LogP contribution in [0, 0.1) is 0 Å². The summed E-state index contributed by atoms with van der Waals surface area (Å²) in [7, 11) is 6.37. The average Bonchev–Trinajstić information content (AvgIpc) is 3.54. The second-order valence-corrected chi connectivity index (χ2v) is 10.9. The maximum Gasteiger partial charge on any atom is 0.255 e. The van der Waals surface area contributed by atoms with E-state index in [1.165, 1.54) is 11.5 Å². The summed E-state index contributed by atoms with van der Waals surface area (Å²) in [5.41, 5.74) is 4.62. The van der Waals surface area contributed by atoms with Crippen molar-refractivity contribution in [2.45, 2.75) is 0 Å². The first-order chi connectivity index (χ1) is 20.9. The van der Waals surface area contributed by atoms with E-state index in [0.717, 1.165) is 37.5 Å². The molecule has 1 amide bonds. The molecular formula is C33H28BrN3O5S. The Kier molecular flexibility index (Phi) is 9.38. The van der Waals surface area contributed by atoms with Crippen LogP contribution in [0.4, 0.5) is 5.69 Å². The SMILES string of the molecule is COc1ccc(/C=C(\c2cc(OC)c(OC)c(OC)c2)c2nsc(-c3ccc(NC(=O)c4ccc(Br)cc4)cc3)n2)cc1. The minimum Gasteiger partial charge on any atom is -0.497 e. The fourth-order valence-electron chi connectivity index (χ4n) is 4.33. The van der Waals surface area contributed by atoms with Crippen LogP contribution >= 0.6 is 27.5 Å². The highest BCUT2D eigenvalue weighted by Crippen LogP contribution is 2.41. The van der Waals surface area contributed by atoms with Crippen LogP contribution in [0.3, 0.4) is 0 Å². The summed E-state index contributed by atoms with van der Waals surface area (Å²) in [5.74, 6) is 2.66. The third-order valence-corrected chi connectivity index (χ3v) is 7.86. The number of hydrogen-bond donors (Lipinski definition) is 1. The maximum absolute atomic E-state index is 12.6. The molecule has 0 aliphatic rings. The molecule has 5 aromatic rings. The molecule has 0 aliphatic carbocycles. The Hall–Kier alpha value is -4.67. The van der Waals surface area contributed by atoms with Crippen molar-refractivity contribution in [1.82, 2.24) is 9.36 Å². The third kappa shape index (κ3) is 6.87. The van der Waals surface area contributed by atoms with Crippen LogP contribution in [0.25, 0.3) is 22.2 Å². The summed E-state index contributed by atoms with van der Waals surface area (Å²) in [4.78, 5) is 17.5. The number of rotatable bonds is 10. The van der Waals surface area contributed by atoms with Crippen LogP contribution in [0.1, 0.15) is 27.3 Å². The van der Waals surface area contributed by atoms with Gasteiger partial charge in [-0.2, -0.15) is 4.37 Å². The monoisotopic (exact) mass is 657 g/mol. The molecular weight excluding hydrogens is 630 g/mol. The summed E-state index contributed by atoms with van der Waals surface area (Å²) >= 11 is 4.68. The van der Waals surface area contributed by atoms with E-state index in [9.17, 15) is 4.79 Å². The lowest BCUT2D eigenvalue weighted by Crippen LogP contribution is -2.11. The Labute approximate surface area is 262 Å². The van der Waals surface area contributed by atoms with Crippen molar-refractivity contribution in [2.24, 2.45) is 0 Å². The van der Waals surface area contributed by atoms with Crippen molar-refractivity contribution >= 4 is 50.7 Å². The van der Waals surface area contributed by atoms with E-state index in [4.69, 9.17) is 28.3 Å². The van der Waals surface area contributed by atoms with Gasteiger partial charge in [0.1, 0.15) is 10.8 Å². The molecule has 1 N–H and O–H groups in total. The van der Waals surface area contributed by atoms with Crippen LogP contribution in [0.5, 0.6) is 23.0 Å². The molecule has 1 heterocycles. The van der Waals surface area contributed by atoms with Gasteiger partial charge in [0.2, 0.25) is 5.75 Å². The number of amides is 1. The number of hydrogen-bond acceptors (Lipinski definition) is 8. The van der Waals surface area contributed by atoms with E-state index in [1.807, 2.05) is 78.9 Å². The molecule has 0 bridgehead atoms. The van der Waals surface area contributed by atoms with Gasteiger partial charge in [-0.05, 0) is 102 Å². The van der Waals surface area contributed by atoms with Crippen LogP contribution in [0.2, 0.25) is 0 Å². The summed E-state index contributed by atoms with van der Waals surface area (Å²) in [6, 6.07) is 26.2. The van der Waals surface area contributed by atoms with Crippen molar-refractivity contribution in [3.8, 4) is 33.6 Å². The van der Waals surface area contributed by atoms with Crippen molar-refractivity contribution in [2.75, 3.05) is 33.8 Å². The Balaban J connectivity index is 1.48. The molecule has 0 fully saturated rings. The first-order valence-electron chi connectivity index (χ1n) is 13.1. The van der Waals surface area contributed by atoms with E-state index in [2.05, 4.69) is 21.2 Å². The van der Waals surface area contributed by atoms with Crippen LogP contribution < -0.4 is 24.3 Å². The second-order valence-electron chi connectivity index (χ2n) is 9.21. The molecule has 0 spiro atoms. The van der Waals surface area contributed by atoms with Crippen LogP contribution in [-0.2, 0) is 0 Å². The lowest BCUT2D eigenvalue weighted by molar-refractivity contribution is 0.102. The highest BCUT2D eigenvalue weighted by atomic mass is 79.9. The normalized spacial score (nSPS) is 11.1. The molecule has 0 atom stereocenters. The highest BCUT2D eigenvalue weighted by Gasteiger charge is 2.19. The molecule has 43 heavy (non-hydrogen) atoms. The number of halogens is 1. The molecule has 10 heteroatoms. The zero-order valence-corrected chi connectivity index (χ0v) is 26.3. The number of methoxy groups -OCH3 is 4. The lowest BCUT2D eigenvalue weighted by Gasteiger charge is -2.15. The topological polar surface area (TPSA) is 91.8 Å². The molecule has 0 radical (unpaired) electrons. The number of anilines is 1. The molecule has 1 aromatic heterocycles. The quantitative estimate of drug-likeness (QED) is 0.153. The fraction of sp³-hybridized carbons (Fsp3) is 0.121. The van der Waals surface area contributed by atoms with Gasteiger partial charge in [0.25, 0.3) is 5.91 Å². The van der Waals surface area contributed by atoms with Crippen molar-refractivity contribution in [1.29, 1.82) is 0 Å². The molecule has 5 rings (SSSR count). The number of aromatic nitrogens is 2. The van der Waals surface area contributed by atoms with E-state index in [-0.39, 0.29) is 5.91 Å². The van der Waals surface area contributed by atoms with Gasteiger partial charge in [-0.15, -0.1) is 0 Å². The number of nitrogens with one attached hydrogen (secondary N) is 1. The first kappa shape index (κ1) is 29.8. The molecule has 0 saturated carbocycles. The Bertz CT molecular complexity index is 1730. The van der Waals surface area contributed by atoms with Gasteiger partial charge in [0, 0.05) is 26.9 Å². The summed E-state index contributed by atoms with van der Waals surface area (Å²) in [6.07, 6.45) is 2.01. The fourth-order valence-corrected chi connectivity index (χ4v) is 5.28. The Morgan fingerprint density at radius 3 is 2.02 bits per heavy atom. The van der Waals surface area contributed by atoms with E-state index in [0.29, 0.717) is 34.3 Å². The van der Waals surface area contributed by atoms with Crippen LogP contribution in [-0.4, -0.2) is 43.7 Å². The maximum atomic E-state index is 12.6. The van der Waals surface area contributed by atoms with Gasteiger partial charge < -0.3 is 24.3 Å². The predicted octanol–water partition coefficient (Wildman–Crippen LogP) is 7.84. The van der Waals surface area contributed by atoms with E-state index >= 15 is 0 Å².